The van der Waals surface area contributed by atoms with Crippen molar-refractivity contribution in [3.8, 4) is 64.0 Å². The van der Waals surface area contributed by atoms with Gasteiger partial charge in [0.15, 0.2) is 0 Å². The summed E-state index contributed by atoms with van der Waals surface area (Å²) in [4.78, 5) is 5.26. The summed E-state index contributed by atoms with van der Waals surface area (Å²) in [5, 5.41) is 5.26. The summed E-state index contributed by atoms with van der Waals surface area (Å²) < 4.78 is 0. The first-order valence-electron chi connectivity index (χ1n) is 20.9. The first-order chi connectivity index (χ1) is 29.0. The van der Waals surface area contributed by atoms with Gasteiger partial charge in [-0.15, -0.1) is 69.1 Å². The first kappa shape index (κ1) is 47.9. The molecule has 0 radical (unpaired) electrons. The van der Waals surface area contributed by atoms with Gasteiger partial charge in [0, 0.05) is 9.75 Å². The summed E-state index contributed by atoms with van der Waals surface area (Å²) >= 11 is 3.72. The van der Waals surface area contributed by atoms with Crippen molar-refractivity contribution < 1.29 is 50.7 Å². The maximum atomic E-state index is 2.35. The van der Waals surface area contributed by atoms with E-state index in [1.54, 1.807) is 0 Å². The molecule has 10 rings (SSSR count). The normalized spacial score (nSPS) is 11.3. The van der Waals surface area contributed by atoms with Crippen molar-refractivity contribution in [1.29, 1.82) is 0 Å². The number of thiophene rings is 2. The molecule has 0 aliphatic rings. The maximum Gasteiger partial charge on any atom is 4.00 e. The Bertz CT molecular complexity index is 2810. The molecule has 0 saturated heterocycles. The summed E-state index contributed by atoms with van der Waals surface area (Å²) in [5.41, 5.74) is 13.4. The Morgan fingerprint density at radius 1 is 0.349 bits per heavy atom. The Balaban J connectivity index is 0.000000200. The van der Waals surface area contributed by atoms with Gasteiger partial charge in [-0.1, -0.05) is 210 Å². The topological polar surface area (TPSA) is 0 Å². The number of hydrogen-bond donors (Lipinski definition) is 0. The van der Waals surface area contributed by atoms with Crippen LogP contribution in [0.2, 0.25) is 0 Å². The summed E-state index contributed by atoms with van der Waals surface area (Å²) in [6.07, 6.45) is 0. The van der Waals surface area contributed by atoms with Crippen LogP contribution in [0, 0.1) is 0 Å². The molecule has 0 bridgehead atoms. The molecule has 0 N–H and O–H groups in total. The SMILES string of the molecule is CC(C)(C)c1ccc(-c2cccc3[cH-]c(-c4ccc(-c5ccccc5)s4)cc23)cc1.CC(C)(C)c1ccc(-c2cccc3[cH-]c(-c4ccc(-c5ccccc5)s4)cc23)cc1.[Cl-].[Cl-].[Hf+4]. The quantitative estimate of drug-likeness (QED) is 0.115. The third kappa shape index (κ3) is 10.5. The van der Waals surface area contributed by atoms with E-state index < -0.39 is 0 Å². The number of benzene rings is 6. The van der Waals surface area contributed by atoms with Crippen LogP contribution in [0.4, 0.5) is 0 Å². The molecule has 0 unspecified atom stereocenters. The van der Waals surface area contributed by atoms with Gasteiger partial charge in [-0.25, -0.2) is 0 Å². The second-order valence-electron chi connectivity index (χ2n) is 17.8. The van der Waals surface area contributed by atoms with Gasteiger partial charge in [0.2, 0.25) is 0 Å². The number of halogens is 2. The van der Waals surface area contributed by atoms with Crippen molar-refractivity contribution in [2.24, 2.45) is 0 Å². The third-order valence-corrected chi connectivity index (χ3v) is 13.9. The zero-order chi connectivity index (χ0) is 41.4. The van der Waals surface area contributed by atoms with Crippen LogP contribution in [-0.2, 0) is 36.7 Å². The number of fused-ring (bicyclic) bond motifs is 2. The minimum absolute atomic E-state index is 0. The minimum Gasteiger partial charge on any atom is -1.00 e. The van der Waals surface area contributed by atoms with Crippen LogP contribution >= 0.6 is 22.7 Å². The molecule has 5 heteroatoms. The Kier molecular flexibility index (Phi) is 15.2. The first-order valence-corrected chi connectivity index (χ1v) is 22.5. The van der Waals surface area contributed by atoms with Crippen LogP contribution in [0.1, 0.15) is 52.7 Å². The average Bonchev–Trinajstić information content (AvgIpc) is 4.10. The Morgan fingerprint density at radius 2 is 0.698 bits per heavy atom. The molecule has 63 heavy (non-hydrogen) atoms. The summed E-state index contributed by atoms with van der Waals surface area (Å²) in [6, 6.07) is 70.9. The summed E-state index contributed by atoms with van der Waals surface area (Å²) in [6.45, 7) is 13.6. The van der Waals surface area contributed by atoms with Crippen LogP contribution < -0.4 is 24.8 Å². The Labute approximate surface area is 413 Å². The minimum atomic E-state index is 0. The van der Waals surface area contributed by atoms with E-state index in [1.807, 2.05) is 22.7 Å². The molecule has 2 heterocycles. The number of hydrogen-bond acceptors (Lipinski definition) is 2. The molecular formula is C58H50Cl2HfS2. The molecule has 0 aliphatic heterocycles. The smallest absolute Gasteiger partial charge is 1.00 e. The van der Waals surface area contributed by atoms with Crippen molar-refractivity contribution in [3.63, 3.8) is 0 Å². The molecule has 0 amide bonds. The summed E-state index contributed by atoms with van der Waals surface area (Å²) in [5.74, 6) is 0. The third-order valence-electron chi connectivity index (χ3n) is 11.5. The number of rotatable bonds is 6. The second-order valence-corrected chi connectivity index (χ2v) is 20.0. The van der Waals surface area contributed by atoms with E-state index in [9.17, 15) is 0 Å². The Hall–Kier alpha value is -4.61. The van der Waals surface area contributed by atoms with Gasteiger partial charge in [0.05, 0.1) is 0 Å². The predicted octanol–water partition coefficient (Wildman–Crippen LogP) is 11.8. The van der Waals surface area contributed by atoms with Crippen LogP contribution in [0.25, 0.3) is 85.6 Å². The van der Waals surface area contributed by atoms with Crippen molar-refractivity contribution in [1.82, 2.24) is 0 Å². The zero-order valence-corrected chi connectivity index (χ0v) is 43.3. The van der Waals surface area contributed by atoms with Crippen LogP contribution in [0.15, 0.2) is 194 Å². The van der Waals surface area contributed by atoms with Crippen molar-refractivity contribution in [2.75, 3.05) is 0 Å². The van der Waals surface area contributed by atoms with Gasteiger partial charge in [-0.05, 0) is 54.0 Å². The van der Waals surface area contributed by atoms with Crippen LogP contribution in [-0.4, -0.2) is 0 Å². The van der Waals surface area contributed by atoms with Crippen molar-refractivity contribution >= 4 is 44.2 Å². The average molecular weight is 1060 g/mol. The molecule has 8 aromatic carbocycles. The Morgan fingerprint density at radius 3 is 1.05 bits per heavy atom. The maximum absolute atomic E-state index is 2.35. The van der Waals surface area contributed by atoms with E-state index in [1.165, 1.54) is 96.7 Å². The van der Waals surface area contributed by atoms with Gasteiger partial charge < -0.3 is 24.8 Å². The second kappa shape index (κ2) is 20.1. The molecule has 10 aromatic rings. The van der Waals surface area contributed by atoms with Gasteiger partial charge in [-0.3, -0.25) is 0 Å². The predicted molar refractivity (Wildman–Crippen MR) is 265 cm³/mol. The molecule has 0 saturated carbocycles. The van der Waals surface area contributed by atoms with E-state index in [0.29, 0.717) is 0 Å². The zero-order valence-electron chi connectivity index (χ0n) is 36.5. The fourth-order valence-electron chi connectivity index (χ4n) is 8.06. The monoisotopic (exact) mass is 1060 g/mol. The van der Waals surface area contributed by atoms with Crippen molar-refractivity contribution in [3.05, 3.63) is 205 Å². The fourth-order valence-corrected chi connectivity index (χ4v) is 10.1. The van der Waals surface area contributed by atoms with Gasteiger partial charge in [0.1, 0.15) is 0 Å². The largest absolute Gasteiger partial charge is 4.00 e. The summed E-state index contributed by atoms with van der Waals surface area (Å²) in [7, 11) is 0. The molecule has 0 spiro atoms. The molecular weight excluding hydrogens is 1010 g/mol. The van der Waals surface area contributed by atoms with E-state index in [2.05, 4.69) is 236 Å². The molecule has 0 fully saturated rings. The standard InChI is InChI=1S/2C29H25S.2ClH.Hf/c2*1-29(2,3)24-14-12-20(13-15-24)25-11-7-10-22-18-23(19-26(22)25)28-17-16-27(30-28)21-8-5-4-6-9-21;;;/h2*4-19H,1-3H3;2*1H;/q2*-1;;;+4/p-2. The van der Waals surface area contributed by atoms with Crippen molar-refractivity contribution in [2.45, 2.75) is 52.4 Å². The van der Waals surface area contributed by atoms with Crippen LogP contribution in [0.5, 0.6) is 0 Å². The van der Waals surface area contributed by atoms with E-state index in [4.69, 9.17) is 0 Å². The molecule has 2 aromatic heterocycles. The van der Waals surface area contributed by atoms with Gasteiger partial charge >= 0.3 is 25.8 Å². The molecule has 0 nitrogen and oxygen atoms in total. The van der Waals surface area contributed by atoms with Gasteiger partial charge in [-0.2, -0.15) is 22.7 Å². The molecule has 312 valence electrons. The van der Waals surface area contributed by atoms with Gasteiger partial charge in [0.25, 0.3) is 0 Å². The molecule has 0 aliphatic carbocycles. The van der Waals surface area contributed by atoms with E-state index in [-0.39, 0.29) is 61.5 Å². The van der Waals surface area contributed by atoms with E-state index >= 15 is 0 Å². The van der Waals surface area contributed by atoms with Crippen LogP contribution in [0.3, 0.4) is 0 Å². The van der Waals surface area contributed by atoms with E-state index in [0.717, 1.165) is 0 Å². The molecule has 0 atom stereocenters. The fraction of sp³-hybridized carbons (Fsp3) is 0.138.